The molecular weight excluding hydrogens is 236 g/mol. The molecule has 4 nitrogen and oxygen atoms in total. The van der Waals surface area contributed by atoms with E-state index in [9.17, 15) is 0 Å². The standard InChI is InChI=1S/C15H26N4/c1-4-13-8-14(18-12(3)17-13)19-15(10-16)7-5-6-11(2)9-15/h8,11H,4-7,9-10,16H2,1-3H3,(H,17,18,19). The Kier molecular flexibility index (Phi) is 4.40. The Hall–Kier alpha value is -1.16. The fourth-order valence-corrected chi connectivity index (χ4v) is 3.16. The molecule has 1 aromatic rings. The molecule has 1 saturated carbocycles. The molecular formula is C15H26N4. The van der Waals surface area contributed by atoms with Crippen molar-refractivity contribution in [1.29, 1.82) is 0 Å². The zero-order valence-corrected chi connectivity index (χ0v) is 12.4. The summed E-state index contributed by atoms with van der Waals surface area (Å²) in [5.74, 6) is 2.50. The maximum absolute atomic E-state index is 6.05. The van der Waals surface area contributed by atoms with Crippen LogP contribution < -0.4 is 11.1 Å². The summed E-state index contributed by atoms with van der Waals surface area (Å²) >= 11 is 0. The van der Waals surface area contributed by atoms with Crippen LogP contribution in [0.15, 0.2) is 6.07 Å². The zero-order valence-electron chi connectivity index (χ0n) is 12.4. The van der Waals surface area contributed by atoms with E-state index in [1.165, 1.54) is 12.8 Å². The highest BCUT2D eigenvalue weighted by Gasteiger charge is 2.33. The van der Waals surface area contributed by atoms with Crippen molar-refractivity contribution >= 4 is 5.82 Å². The van der Waals surface area contributed by atoms with Gasteiger partial charge in [0.25, 0.3) is 0 Å². The van der Waals surface area contributed by atoms with E-state index in [1.54, 1.807) is 0 Å². The molecule has 1 fully saturated rings. The highest BCUT2D eigenvalue weighted by molar-refractivity contribution is 5.40. The molecule has 106 valence electrons. The van der Waals surface area contributed by atoms with Gasteiger partial charge in [0.1, 0.15) is 11.6 Å². The minimum Gasteiger partial charge on any atom is -0.363 e. The van der Waals surface area contributed by atoms with Crippen molar-refractivity contribution in [2.45, 2.75) is 58.4 Å². The molecule has 1 heterocycles. The lowest BCUT2D eigenvalue weighted by Crippen LogP contribution is -2.49. The second-order valence-electron chi connectivity index (χ2n) is 5.96. The molecule has 0 saturated heterocycles. The predicted molar refractivity (Wildman–Crippen MR) is 79.2 cm³/mol. The molecule has 1 aromatic heterocycles. The molecule has 2 rings (SSSR count). The van der Waals surface area contributed by atoms with Crippen LogP contribution in [-0.4, -0.2) is 22.1 Å². The lowest BCUT2D eigenvalue weighted by Gasteiger charge is -2.40. The van der Waals surface area contributed by atoms with E-state index in [4.69, 9.17) is 5.73 Å². The average Bonchev–Trinajstić information content (AvgIpc) is 2.38. The monoisotopic (exact) mass is 262 g/mol. The first kappa shape index (κ1) is 14.3. The van der Waals surface area contributed by atoms with E-state index >= 15 is 0 Å². The van der Waals surface area contributed by atoms with Crippen molar-refractivity contribution in [2.24, 2.45) is 11.7 Å². The third-order valence-electron chi connectivity index (χ3n) is 4.13. The minimum atomic E-state index is 0.0173. The number of aryl methyl sites for hydroxylation is 2. The van der Waals surface area contributed by atoms with Gasteiger partial charge in [-0.15, -0.1) is 0 Å². The maximum Gasteiger partial charge on any atom is 0.130 e. The summed E-state index contributed by atoms with van der Waals surface area (Å²) in [6.45, 7) is 7.05. The third-order valence-corrected chi connectivity index (χ3v) is 4.13. The van der Waals surface area contributed by atoms with Gasteiger partial charge < -0.3 is 11.1 Å². The summed E-state index contributed by atoms with van der Waals surface area (Å²) in [4.78, 5) is 8.94. The summed E-state index contributed by atoms with van der Waals surface area (Å²) in [6.07, 6.45) is 5.76. The lowest BCUT2D eigenvalue weighted by atomic mass is 9.76. The highest BCUT2D eigenvalue weighted by Crippen LogP contribution is 2.34. The maximum atomic E-state index is 6.05. The molecule has 0 bridgehead atoms. The molecule has 2 atom stereocenters. The number of nitrogens with two attached hydrogens (primary N) is 1. The molecule has 0 radical (unpaired) electrons. The van der Waals surface area contributed by atoms with E-state index < -0.39 is 0 Å². The lowest BCUT2D eigenvalue weighted by molar-refractivity contribution is 0.263. The van der Waals surface area contributed by atoms with Crippen molar-refractivity contribution < 1.29 is 0 Å². The summed E-state index contributed by atoms with van der Waals surface area (Å²) in [5.41, 5.74) is 7.16. The van der Waals surface area contributed by atoms with E-state index in [0.29, 0.717) is 6.54 Å². The van der Waals surface area contributed by atoms with Crippen LogP contribution in [-0.2, 0) is 6.42 Å². The summed E-state index contributed by atoms with van der Waals surface area (Å²) in [7, 11) is 0. The molecule has 1 aliphatic carbocycles. The van der Waals surface area contributed by atoms with Gasteiger partial charge >= 0.3 is 0 Å². The smallest absolute Gasteiger partial charge is 0.130 e. The van der Waals surface area contributed by atoms with Crippen molar-refractivity contribution in [3.63, 3.8) is 0 Å². The van der Waals surface area contributed by atoms with Crippen LogP contribution in [0, 0.1) is 12.8 Å². The van der Waals surface area contributed by atoms with Crippen LogP contribution >= 0.6 is 0 Å². The molecule has 3 N–H and O–H groups in total. The van der Waals surface area contributed by atoms with Gasteiger partial charge in [0, 0.05) is 18.3 Å². The fraction of sp³-hybridized carbons (Fsp3) is 0.733. The van der Waals surface area contributed by atoms with Crippen molar-refractivity contribution in [3.05, 3.63) is 17.6 Å². The Labute approximate surface area is 116 Å². The van der Waals surface area contributed by atoms with Gasteiger partial charge in [-0.05, 0) is 32.1 Å². The molecule has 0 aromatic carbocycles. The van der Waals surface area contributed by atoms with Gasteiger partial charge in [0.05, 0.1) is 5.54 Å². The van der Waals surface area contributed by atoms with Gasteiger partial charge in [-0.25, -0.2) is 9.97 Å². The van der Waals surface area contributed by atoms with Crippen LogP contribution in [0.4, 0.5) is 5.82 Å². The van der Waals surface area contributed by atoms with Gasteiger partial charge in [-0.2, -0.15) is 0 Å². The number of hydrogen-bond acceptors (Lipinski definition) is 4. The SMILES string of the molecule is CCc1cc(NC2(CN)CCCC(C)C2)nc(C)n1. The Morgan fingerprint density at radius 3 is 2.89 bits per heavy atom. The number of rotatable bonds is 4. The largest absolute Gasteiger partial charge is 0.363 e. The second-order valence-corrected chi connectivity index (χ2v) is 5.96. The van der Waals surface area contributed by atoms with E-state index in [2.05, 4.69) is 35.2 Å². The van der Waals surface area contributed by atoms with Crippen LogP contribution in [0.2, 0.25) is 0 Å². The van der Waals surface area contributed by atoms with Crippen LogP contribution in [0.25, 0.3) is 0 Å². The molecule has 0 spiro atoms. The average molecular weight is 262 g/mol. The van der Waals surface area contributed by atoms with E-state index in [1.807, 2.05) is 6.92 Å². The van der Waals surface area contributed by atoms with Crippen LogP contribution in [0.3, 0.4) is 0 Å². The summed E-state index contributed by atoms with van der Waals surface area (Å²) < 4.78 is 0. The van der Waals surface area contributed by atoms with Gasteiger partial charge in [-0.1, -0.05) is 26.7 Å². The predicted octanol–water partition coefficient (Wildman–Crippen LogP) is 2.67. The van der Waals surface area contributed by atoms with E-state index in [0.717, 1.165) is 42.5 Å². The molecule has 1 aliphatic rings. The zero-order chi connectivity index (χ0) is 13.9. The third kappa shape index (κ3) is 3.44. The van der Waals surface area contributed by atoms with Crippen molar-refractivity contribution in [1.82, 2.24) is 9.97 Å². The van der Waals surface area contributed by atoms with Gasteiger partial charge in [0.15, 0.2) is 0 Å². The van der Waals surface area contributed by atoms with Gasteiger partial charge in [0.2, 0.25) is 0 Å². The van der Waals surface area contributed by atoms with Gasteiger partial charge in [-0.3, -0.25) is 0 Å². The Morgan fingerprint density at radius 2 is 2.26 bits per heavy atom. The first-order chi connectivity index (χ1) is 9.07. The highest BCUT2D eigenvalue weighted by atomic mass is 15.1. The van der Waals surface area contributed by atoms with Crippen LogP contribution in [0.1, 0.15) is 51.0 Å². The fourth-order valence-electron chi connectivity index (χ4n) is 3.16. The molecule has 2 unspecified atom stereocenters. The van der Waals surface area contributed by atoms with Crippen molar-refractivity contribution in [3.8, 4) is 0 Å². The summed E-state index contributed by atoms with van der Waals surface area (Å²) in [5, 5.41) is 3.61. The first-order valence-electron chi connectivity index (χ1n) is 7.40. The number of hydrogen-bond donors (Lipinski definition) is 2. The number of aromatic nitrogens is 2. The topological polar surface area (TPSA) is 63.8 Å². The Bertz CT molecular complexity index is 432. The minimum absolute atomic E-state index is 0.0173. The first-order valence-corrected chi connectivity index (χ1v) is 7.40. The van der Waals surface area contributed by atoms with Crippen molar-refractivity contribution in [2.75, 3.05) is 11.9 Å². The normalized spacial score (nSPS) is 27.3. The Morgan fingerprint density at radius 1 is 1.47 bits per heavy atom. The number of nitrogens with one attached hydrogen (secondary N) is 1. The number of anilines is 1. The summed E-state index contributed by atoms with van der Waals surface area (Å²) in [6, 6.07) is 2.06. The van der Waals surface area contributed by atoms with Crippen LogP contribution in [0.5, 0.6) is 0 Å². The second kappa shape index (κ2) is 5.87. The quantitative estimate of drug-likeness (QED) is 0.875. The molecule has 0 aliphatic heterocycles. The molecule has 19 heavy (non-hydrogen) atoms. The molecule has 0 amide bonds. The number of nitrogens with zero attached hydrogens (tertiary/aromatic N) is 2. The van der Waals surface area contributed by atoms with E-state index in [-0.39, 0.29) is 5.54 Å². The Balaban J connectivity index is 2.20. The molecule has 4 heteroatoms.